The van der Waals surface area contributed by atoms with Gasteiger partial charge < -0.3 is 0 Å². The molecule has 0 amide bonds. The molecule has 0 bridgehead atoms. The Kier molecular flexibility index (Phi) is 2.29. The fourth-order valence-electron chi connectivity index (χ4n) is 1.85. The van der Waals surface area contributed by atoms with E-state index < -0.39 is 0 Å². The van der Waals surface area contributed by atoms with Crippen LogP contribution in [0.3, 0.4) is 0 Å². The van der Waals surface area contributed by atoms with Gasteiger partial charge in [-0.25, -0.2) is 4.98 Å². The molecule has 4 heteroatoms. The molecule has 2 aromatic rings. The van der Waals surface area contributed by atoms with E-state index in [1.54, 1.807) is 22.5 Å². The van der Waals surface area contributed by atoms with Crippen molar-refractivity contribution in [1.29, 1.82) is 0 Å². The molecular formula is C12H10N2OS. The summed E-state index contributed by atoms with van der Waals surface area (Å²) >= 11 is 1.66. The molecule has 0 spiro atoms. The van der Waals surface area contributed by atoms with Gasteiger partial charge in [0.2, 0.25) is 0 Å². The average Bonchev–Trinajstić information content (AvgIpc) is 2.76. The molecule has 0 aliphatic carbocycles. The van der Waals surface area contributed by atoms with Crippen molar-refractivity contribution in [2.75, 3.05) is 0 Å². The molecule has 80 valence electrons. The first kappa shape index (κ1) is 9.66. The molecule has 1 aromatic heterocycles. The maximum Gasteiger partial charge on any atom is 0.254 e. The molecule has 1 aliphatic heterocycles. The standard InChI is InChI=1S/C12H10N2OS/c15-11-6-7-13-12-14(11)8-10(16-12)9-4-2-1-3-5-9/h1-7,10H,8H2. The lowest BCUT2D eigenvalue weighted by Crippen LogP contribution is -2.18. The van der Waals surface area contributed by atoms with Crippen molar-refractivity contribution >= 4 is 11.8 Å². The molecule has 0 saturated heterocycles. The second kappa shape index (κ2) is 3.79. The van der Waals surface area contributed by atoms with Crippen LogP contribution in [0, 0.1) is 0 Å². The number of rotatable bonds is 1. The topological polar surface area (TPSA) is 34.9 Å². The van der Waals surface area contributed by atoms with Crippen molar-refractivity contribution in [3.63, 3.8) is 0 Å². The normalized spacial score (nSPS) is 18.4. The van der Waals surface area contributed by atoms with Crippen LogP contribution in [0.15, 0.2) is 52.5 Å². The highest BCUT2D eigenvalue weighted by molar-refractivity contribution is 7.99. The van der Waals surface area contributed by atoms with Gasteiger partial charge in [0.25, 0.3) is 5.56 Å². The fourth-order valence-corrected chi connectivity index (χ4v) is 3.04. The Morgan fingerprint density at radius 1 is 1.25 bits per heavy atom. The zero-order chi connectivity index (χ0) is 11.0. The van der Waals surface area contributed by atoms with Crippen LogP contribution in [0.4, 0.5) is 0 Å². The maximum absolute atomic E-state index is 11.6. The van der Waals surface area contributed by atoms with Gasteiger partial charge in [-0.05, 0) is 5.56 Å². The van der Waals surface area contributed by atoms with E-state index in [-0.39, 0.29) is 5.56 Å². The largest absolute Gasteiger partial charge is 0.286 e. The van der Waals surface area contributed by atoms with Crippen molar-refractivity contribution in [1.82, 2.24) is 9.55 Å². The molecule has 1 aromatic carbocycles. The number of thioether (sulfide) groups is 1. The van der Waals surface area contributed by atoms with Crippen LogP contribution in [-0.4, -0.2) is 9.55 Å². The van der Waals surface area contributed by atoms with E-state index in [2.05, 4.69) is 17.1 Å². The monoisotopic (exact) mass is 230 g/mol. The quantitative estimate of drug-likeness (QED) is 0.704. The summed E-state index contributed by atoms with van der Waals surface area (Å²) in [6.07, 6.45) is 1.58. The van der Waals surface area contributed by atoms with E-state index in [0.29, 0.717) is 5.25 Å². The third-order valence-electron chi connectivity index (χ3n) is 2.67. The molecule has 0 fully saturated rings. The van der Waals surface area contributed by atoms with Gasteiger partial charge in [-0.1, -0.05) is 42.1 Å². The van der Waals surface area contributed by atoms with Crippen molar-refractivity contribution in [3.05, 3.63) is 58.5 Å². The highest BCUT2D eigenvalue weighted by Gasteiger charge is 2.24. The van der Waals surface area contributed by atoms with Crippen LogP contribution >= 0.6 is 11.8 Å². The summed E-state index contributed by atoms with van der Waals surface area (Å²) in [5.41, 5.74) is 1.29. The Morgan fingerprint density at radius 2 is 2.06 bits per heavy atom. The zero-order valence-corrected chi connectivity index (χ0v) is 9.35. The Bertz CT molecular complexity index is 565. The van der Waals surface area contributed by atoms with E-state index in [0.717, 1.165) is 11.7 Å². The lowest BCUT2D eigenvalue weighted by molar-refractivity contribution is 0.614. The summed E-state index contributed by atoms with van der Waals surface area (Å²) in [5, 5.41) is 1.13. The van der Waals surface area contributed by atoms with Gasteiger partial charge in [-0.15, -0.1) is 0 Å². The van der Waals surface area contributed by atoms with Crippen LogP contribution in [0.5, 0.6) is 0 Å². The van der Waals surface area contributed by atoms with Gasteiger partial charge in [0.05, 0.1) is 5.25 Å². The predicted molar refractivity (Wildman–Crippen MR) is 63.5 cm³/mol. The molecule has 0 radical (unpaired) electrons. The van der Waals surface area contributed by atoms with Gasteiger partial charge in [-0.3, -0.25) is 9.36 Å². The molecule has 2 heterocycles. The summed E-state index contributed by atoms with van der Waals surface area (Å²) < 4.78 is 1.74. The number of nitrogens with zero attached hydrogens (tertiary/aromatic N) is 2. The second-order valence-corrected chi connectivity index (χ2v) is 4.86. The molecule has 0 saturated carbocycles. The Hall–Kier alpha value is -1.55. The van der Waals surface area contributed by atoms with Crippen molar-refractivity contribution in [2.45, 2.75) is 17.0 Å². The first-order valence-corrected chi connectivity index (χ1v) is 6.00. The first-order valence-electron chi connectivity index (χ1n) is 5.12. The van der Waals surface area contributed by atoms with Gasteiger partial charge in [-0.2, -0.15) is 0 Å². The average molecular weight is 230 g/mol. The van der Waals surface area contributed by atoms with E-state index in [1.807, 2.05) is 18.2 Å². The summed E-state index contributed by atoms with van der Waals surface area (Å²) in [5.74, 6) is 0. The molecule has 1 atom stereocenters. The van der Waals surface area contributed by atoms with E-state index in [4.69, 9.17) is 0 Å². The SMILES string of the molecule is O=c1ccnc2n1CC(c1ccccc1)S2. The van der Waals surface area contributed by atoms with Crippen LogP contribution in [0.1, 0.15) is 10.8 Å². The molecule has 1 aliphatic rings. The summed E-state index contributed by atoms with van der Waals surface area (Å²) in [7, 11) is 0. The van der Waals surface area contributed by atoms with Gasteiger partial charge in [0.1, 0.15) is 0 Å². The molecule has 1 unspecified atom stereocenters. The van der Waals surface area contributed by atoms with Gasteiger partial charge in [0, 0.05) is 18.8 Å². The van der Waals surface area contributed by atoms with Crippen molar-refractivity contribution in [2.24, 2.45) is 0 Å². The highest BCUT2D eigenvalue weighted by atomic mass is 32.2. The van der Waals surface area contributed by atoms with Gasteiger partial charge >= 0.3 is 0 Å². The second-order valence-electron chi connectivity index (χ2n) is 3.69. The third kappa shape index (κ3) is 1.55. The van der Waals surface area contributed by atoms with Crippen molar-refractivity contribution in [3.8, 4) is 0 Å². The van der Waals surface area contributed by atoms with E-state index in [1.165, 1.54) is 11.6 Å². The van der Waals surface area contributed by atoms with Crippen LogP contribution < -0.4 is 5.56 Å². The van der Waals surface area contributed by atoms with Gasteiger partial charge in [0.15, 0.2) is 5.16 Å². The number of fused-ring (bicyclic) bond motifs is 1. The van der Waals surface area contributed by atoms with Crippen LogP contribution in [-0.2, 0) is 6.54 Å². The first-order chi connectivity index (χ1) is 7.84. The molecule has 16 heavy (non-hydrogen) atoms. The van der Waals surface area contributed by atoms with E-state index >= 15 is 0 Å². The number of hydrogen-bond acceptors (Lipinski definition) is 3. The molecule has 0 N–H and O–H groups in total. The summed E-state index contributed by atoms with van der Waals surface area (Å²) in [6.45, 7) is 0.719. The van der Waals surface area contributed by atoms with E-state index in [9.17, 15) is 4.79 Å². The lowest BCUT2D eigenvalue weighted by atomic mass is 10.1. The minimum atomic E-state index is 0.0379. The fraction of sp³-hybridized carbons (Fsp3) is 0.167. The zero-order valence-electron chi connectivity index (χ0n) is 8.54. The highest BCUT2D eigenvalue weighted by Crippen LogP contribution is 2.40. The Balaban J connectivity index is 1.97. The smallest absolute Gasteiger partial charge is 0.254 e. The molecular weight excluding hydrogens is 220 g/mol. The Labute approximate surface area is 97.1 Å². The third-order valence-corrected chi connectivity index (χ3v) is 3.91. The Morgan fingerprint density at radius 3 is 2.81 bits per heavy atom. The molecule has 3 rings (SSSR count). The van der Waals surface area contributed by atoms with Crippen LogP contribution in [0.25, 0.3) is 0 Å². The minimum Gasteiger partial charge on any atom is -0.286 e. The number of aromatic nitrogens is 2. The number of benzene rings is 1. The number of hydrogen-bond donors (Lipinski definition) is 0. The summed E-state index contributed by atoms with van der Waals surface area (Å²) in [4.78, 5) is 15.8. The van der Waals surface area contributed by atoms with Crippen LogP contribution in [0.2, 0.25) is 0 Å². The minimum absolute atomic E-state index is 0.0379. The summed E-state index contributed by atoms with van der Waals surface area (Å²) in [6, 6.07) is 11.7. The van der Waals surface area contributed by atoms with Crippen molar-refractivity contribution < 1.29 is 0 Å². The molecule has 3 nitrogen and oxygen atoms in total. The lowest BCUT2D eigenvalue weighted by Gasteiger charge is -2.06. The predicted octanol–water partition coefficient (Wildman–Crippen LogP) is 2.09. The maximum atomic E-state index is 11.6.